The summed E-state index contributed by atoms with van der Waals surface area (Å²) >= 11 is 5.86. The van der Waals surface area contributed by atoms with Gasteiger partial charge in [0.25, 0.3) is 0 Å². The molecule has 1 aromatic carbocycles. The summed E-state index contributed by atoms with van der Waals surface area (Å²) in [6.07, 6.45) is 6.89. The van der Waals surface area contributed by atoms with Crippen molar-refractivity contribution in [2.75, 3.05) is 19.5 Å². The zero-order valence-electron chi connectivity index (χ0n) is 15.1. The van der Waals surface area contributed by atoms with Gasteiger partial charge in [0.15, 0.2) is 11.2 Å². The first kappa shape index (κ1) is 18.9. The van der Waals surface area contributed by atoms with E-state index >= 15 is 0 Å². The molecule has 0 saturated heterocycles. The number of fused-ring (bicyclic) bond motifs is 1. The molecule has 28 heavy (non-hydrogen) atoms. The molecule has 3 aromatic rings. The number of anilines is 1. The van der Waals surface area contributed by atoms with Gasteiger partial charge < -0.3 is 24.1 Å². The Kier molecular flexibility index (Phi) is 5.62. The van der Waals surface area contributed by atoms with E-state index in [0.717, 1.165) is 12.2 Å². The van der Waals surface area contributed by atoms with E-state index in [1.807, 2.05) is 16.7 Å². The Bertz CT molecular complexity index is 995. The third kappa shape index (κ3) is 4.04. The van der Waals surface area contributed by atoms with E-state index in [0.29, 0.717) is 28.7 Å². The summed E-state index contributed by atoms with van der Waals surface area (Å²) in [7, 11) is 1.47. The normalized spacial score (nSPS) is 19.1. The number of imidazole rings is 1. The molecule has 8 nitrogen and oxygen atoms in total. The molecule has 2 heterocycles. The highest BCUT2D eigenvalue weighted by Crippen LogP contribution is 2.33. The Balaban J connectivity index is 1.33. The molecule has 10 heteroatoms. The number of aromatic nitrogens is 4. The van der Waals surface area contributed by atoms with Gasteiger partial charge >= 0.3 is 0 Å². The molecule has 4 rings (SSSR count). The number of rotatable bonds is 7. The molecule has 0 fully saturated rings. The second-order valence-electron chi connectivity index (χ2n) is 6.31. The number of nitrogens with zero attached hydrogens (tertiary/aromatic N) is 4. The molecule has 0 aliphatic heterocycles. The highest BCUT2D eigenvalue weighted by molar-refractivity contribution is 7.26. The van der Waals surface area contributed by atoms with Crippen LogP contribution in [-0.4, -0.2) is 33.2 Å². The van der Waals surface area contributed by atoms with Crippen LogP contribution in [-0.2, 0) is 4.52 Å². The van der Waals surface area contributed by atoms with Crippen LogP contribution in [0.4, 0.5) is 5.95 Å². The number of allylic oxidation sites excluding steroid dienone is 1. The van der Waals surface area contributed by atoms with Gasteiger partial charge in [-0.15, -0.1) is 0 Å². The van der Waals surface area contributed by atoms with Gasteiger partial charge in [0, 0.05) is 10.9 Å². The summed E-state index contributed by atoms with van der Waals surface area (Å²) in [5.41, 5.74) is 7.05. The lowest BCUT2D eigenvalue weighted by Crippen LogP contribution is -2.09. The van der Waals surface area contributed by atoms with Crippen molar-refractivity contribution in [1.82, 2.24) is 19.5 Å². The SMILES string of the molecule is COc1nc(N)nc2c1ncn2[C@H]1C=C[C@@H](COPOc2ccc(Cl)cc2)C1. The fourth-order valence-electron chi connectivity index (χ4n) is 3.10. The summed E-state index contributed by atoms with van der Waals surface area (Å²) in [4.78, 5) is 12.8. The second-order valence-corrected chi connectivity index (χ2v) is 7.41. The van der Waals surface area contributed by atoms with Gasteiger partial charge in [-0.05, 0) is 30.7 Å². The lowest BCUT2D eigenvalue weighted by Gasteiger charge is -2.14. The number of methoxy groups -OCH3 is 1. The molecule has 3 atom stereocenters. The van der Waals surface area contributed by atoms with Crippen LogP contribution in [0, 0.1) is 5.92 Å². The Morgan fingerprint density at radius 1 is 1.25 bits per heavy atom. The minimum Gasteiger partial charge on any atom is -0.479 e. The van der Waals surface area contributed by atoms with Crippen molar-refractivity contribution in [2.45, 2.75) is 12.5 Å². The largest absolute Gasteiger partial charge is 0.479 e. The van der Waals surface area contributed by atoms with Crippen LogP contribution in [0.25, 0.3) is 11.2 Å². The number of hydrogen-bond acceptors (Lipinski definition) is 7. The Morgan fingerprint density at radius 3 is 2.86 bits per heavy atom. The quantitative estimate of drug-likeness (QED) is 0.353. The fraction of sp³-hybridized carbons (Fsp3) is 0.278. The molecular formula is C18H19ClN5O3P. The van der Waals surface area contributed by atoms with E-state index < -0.39 is 0 Å². The van der Waals surface area contributed by atoms with Crippen molar-refractivity contribution in [3.63, 3.8) is 0 Å². The first-order valence-corrected chi connectivity index (χ1v) is 9.85. The maximum Gasteiger partial charge on any atom is 0.246 e. The predicted octanol–water partition coefficient (Wildman–Crippen LogP) is 3.79. The van der Waals surface area contributed by atoms with Gasteiger partial charge in [-0.25, -0.2) is 4.98 Å². The molecule has 2 N–H and O–H groups in total. The molecule has 0 radical (unpaired) electrons. The lowest BCUT2D eigenvalue weighted by molar-refractivity contribution is 0.278. The van der Waals surface area contributed by atoms with Gasteiger partial charge in [0.1, 0.15) is 5.75 Å². The topological polar surface area (TPSA) is 97.3 Å². The average Bonchev–Trinajstić information content (AvgIpc) is 3.32. The van der Waals surface area contributed by atoms with Crippen LogP contribution < -0.4 is 15.0 Å². The lowest BCUT2D eigenvalue weighted by atomic mass is 10.1. The highest BCUT2D eigenvalue weighted by atomic mass is 35.5. The molecular weight excluding hydrogens is 401 g/mol. The maximum atomic E-state index is 5.86. The number of nitrogens with two attached hydrogens (primary N) is 1. The molecule has 0 saturated carbocycles. The van der Waals surface area contributed by atoms with E-state index in [9.17, 15) is 0 Å². The van der Waals surface area contributed by atoms with Crippen LogP contribution in [0.3, 0.4) is 0 Å². The standard InChI is InChI=1S/C18H19ClN5O3P/c1-25-17-15-16(22-18(20)23-17)24(10-21-15)13-5-2-11(8-13)9-26-28-27-14-6-3-12(19)4-7-14/h2-7,10-11,13,28H,8-9H2,1H3,(H2,20,22,23)/t11-,13+/m1/s1. The van der Waals surface area contributed by atoms with E-state index in [4.69, 9.17) is 31.1 Å². The van der Waals surface area contributed by atoms with Crippen molar-refractivity contribution >= 4 is 37.7 Å². The van der Waals surface area contributed by atoms with Crippen molar-refractivity contribution in [3.05, 3.63) is 47.8 Å². The average molecular weight is 420 g/mol. The first-order chi connectivity index (χ1) is 13.6. The fourth-order valence-corrected chi connectivity index (χ4v) is 3.79. The Morgan fingerprint density at radius 2 is 2.07 bits per heavy atom. The summed E-state index contributed by atoms with van der Waals surface area (Å²) in [5.74, 6) is 1.56. The number of hydrogen-bond donors (Lipinski definition) is 1. The third-order valence-corrected chi connectivity index (χ3v) is 5.29. The number of halogens is 1. The van der Waals surface area contributed by atoms with Gasteiger partial charge in [0.2, 0.25) is 20.9 Å². The van der Waals surface area contributed by atoms with E-state index in [1.54, 1.807) is 18.5 Å². The van der Waals surface area contributed by atoms with E-state index in [-0.39, 0.29) is 26.9 Å². The smallest absolute Gasteiger partial charge is 0.246 e. The number of nitrogen functional groups attached to an aromatic ring is 1. The monoisotopic (exact) mass is 419 g/mol. The van der Waals surface area contributed by atoms with Crippen molar-refractivity contribution < 1.29 is 13.8 Å². The molecule has 2 aromatic heterocycles. The molecule has 0 spiro atoms. The van der Waals surface area contributed by atoms with Crippen molar-refractivity contribution in [2.24, 2.45) is 5.92 Å². The third-order valence-electron chi connectivity index (χ3n) is 4.44. The van der Waals surface area contributed by atoms with Crippen molar-refractivity contribution in [3.8, 4) is 11.6 Å². The minimum absolute atomic E-state index is 0.0710. The minimum atomic E-state index is -0.0710. The Hall–Kier alpha value is -2.41. The van der Waals surface area contributed by atoms with Crippen LogP contribution in [0.1, 0.15) is 12.5 Å². The summed E-state index contributed by atoms with van der Waals surface area (Å²) < 4.78 is 18.5. The van der Waals surface area contributed by atoms with Gasteiger partial charge in [-0.3, -0.25) is 0 Å². The van der Waals surface area contributed by atoms with Crippen LogP contribution in [0.2, 0.25) is 5.02 Å². The maximum absolute atomic E-state index is 5.86. The number of ether oxygens (including phenoxy) is 1. The van der Waals surface area contributed by atoms with Crippen LogP contribution in [0.15, 0.2) is 42.7 Å². The summed E-state index contributed by atoms with van der Waals surface area (Å²) in [5, 5.41) is 0.676. The van der Waals surface area contributed by atoms with Crippen LogP contribution >= 0.6 is 20.6 Å². The van der Waals surface area contributed by atoms with E-state index in [2.05, 4.69) is 27.1 Å². The van der Waals surface area contributed by atoms with Crippen molar-refractivity contribution in [1.29, 1.82) is 0 Å². The predicted molar refractivity (Wildman–Crippen MR) is 109 cm³/mol. The molecule has 0 amide bonds. The first-order valence-electron chi connectivity index (χ1n) is 8.65. The molecule has 146 valence electrons. The van der Waals surface area contributed by atoms with Gasteiger partial charge in [-0.1, -0.05) is 23.8 Å². The summed E-state index contributed by atoms with van der Waals surface area (Å²) in [6, 6.07) is 7.32. The zero-order valence-corrected chi connectivity index (χ0v) is 16.8. The zero-order chi connectivity index (χ0) is 19.5. The molecule has 1 aliphatic rings. The highest BCUT2D eigenvalue weighted by Gasteiger charge is 2.24. The number of benzene rings is 1. The van der Waals surface area contributed by atoms with E-state index in [1.165, 1.54) is 7.11 Å². The van der Waals surface area contributed by atoms with Crippen LogP contribution in [0.5, 0.6) is 11.6 Å². The molecule has 0 bridgehead atoms. The van der Waals surface area contributed by atoms with Gasteiger partial charge in [0.05, 0.1) is 26.1 Å². The molecule has 1 aliphatic carbocycles. The second kappa shape index (κ2) is 8.31. The summed E-state index contributed by atoms with van der Waals surface area (Å²) in [6.45, 7) is 0.576. The molecule has 1 unspecified atom stereocenters. The van der Waals surface area contributed by atoms with Gasteiger partial charge in [-0.2, -0.15) is 9.97 Å². The Labute approximate surface area is 168 Å².